The van der Waals surface area contributed by atoms with Crippen LogP contribution in [0.2, 0.25) is 26.8 Å². The fraction of sp³-hybridized carbons (Fsp3) is 0.367. The van der Waals surface area contributed by atoms with Crippen molar-refractivity contribution in [1.82, 2.24) is 15.7 Å². The summed E-state index contributed by atoms with van der Waals surface area (Å²) in [6.07, 6.45) is 3.51. The third-order valence-corrected chi connectivity index (χ3v) is 10.8. The number of fused-ring (bicyclic) bond motifs is 2. The van der Waals surface area contributed by atoms with Gasteiger partial charge in [-0.1, -0.05) is 62.4 Å². The summed E-state index contributed by atoms with van der Waals surface area (Å²) in [5.41, 5.74) is 6.84. The van der Waals surface area contributed by atoms with Crippen LogP contribution in [-0.4, -0.2) is 105 Å². The second-order valence-corrected chi connectivity index (χ2v) is 16.8. The number of Topliss-reactive ketones (excluding diaryl/α,β-unsaturated/α-hetero) is 2. The molecule has 0 unspecified atom stereocenters. The molecule has 0 aliphatic carbocycles. The summed E-state index contributed by atoms with van der Waals surface area (Å²) < 4.78 is 20.4. The molecule has 5 aromatic carbocycles. The van der Waals surface area contributed by atoms with Crippen molar-refractivity contribution in [2.75, 3.05) is 26.2 Å². The Kier molecular flexibility index (Phi) is 27.0. The number of nitrogens with two attached hydrogens (primary N) is 1. The van der Waals surface area contributed by atoms with E-state index < -0.39 is 32.2 Å². The third kappa shape index (κ3) is 22.7. The second kappa shape index (κ2) is 32.5. The highest BCUT2D eigenvalue weighted by Crippen LogP contribution is 2.29. The van der Waals surface area contributed by atoms with Gasteiger partial charge in [0.2, 0.25) is 0 Å². The number of ether oxygens (including phenoxy) is 3. The van der Waals surface area contributed by atoms with E-state index in [-0.39, 0.29) is 53.0 Å². The summed E-state index contributed by atoms with van der Waals surface area (Å²) in [5.74, 6) is 0.401. The summed E-state index contributed by atoms with van der Waals surface area (Å²) >= 11 is 0. The molecule has 0 aliphatic heterocycles. The lowest BCUT2D eigenvalue weighted by Gasteiger charge is -2.13. The van der Waals surface area contributed by atoms with E-state index in [4.69, 9.17) is 30.4 Å². The zero-order valence-electron chi connectivity index (χ0n) is 41.5. The quantitative estimate of drug-likeness (QED) is 0.00322. The topological polar surface area (TPSA) is 295 Å². The molecule has 19 nitrogen and oxygen atoms in total. The van der Waals surface area contributed by atoms with E-state index in [2.05, 4.69) is 20.3 Å². The summed E-state index contributed by atoms with van der Waals surface area (Å²) in [6.45, 7) is 11.2. The molecule has 381 valence electrons. The Morgan fingerprint density at radius 1 is 0.653 bits per heavy atom. The number of nitrogens with zero attached hydrogens (tertiary/aromatic N) is 1. The minimum Gasteiger partial charge on any atom is -0.556 e. The van der Waals surface area contributed by atoms with Gasteiger partial charge in [0.25, 0.3) is 5.69 Å². The van der Waals surface area contributed by atoms with Gasteiger partial charge in [0.15, 0.2) is 0 Å². The van der Waals surface area contributed by atoms with Crippen LogP contribution in [0.5, 0.6) is 17.2 Å². The van der Waals surface area contributed by atoms with Crippen molar-refractivity contribution in [2.24, 2.45) is 5.73 Å². The first-order valence-electron chi connectivity index (χ1n) is 23.8. The van der Waals surface area contributed by atoms with Crippen molar-refractivity contribution in [3.8, 4) is 17.2 Å². The van der Waals surface area contributed by atoms with E-state index in [1.807, 2.05) is 62.4 Å². The fourth-order valence-electron chi connectivity index (χ4n) is 6.87. The Morgan fingerprint density at radius 2 is 1.08 bits per heavy atom. The van der Waals surface area contributed by atoms with Gasteiger partial charge in [-0.3, -0.25) is 29.9 Å². The molecule has 0 saturated carbocycles. The number of rotatable bonds is 27. The van der Waals surface area contributed by atoms with Gasteiger partial charge in [0.05, 0.1) is 4.92 Å². The maximum atomic E-state index is 12.5. The highest BCUT2D eigenvalue weighted by Gasteiger charge is 2.18. The molecule has 2 atom stereocenters. The number of hydrogen-bond donors (Lipinski definition) is 8. The zero-order valence-corrected chi connectivity index (χ0v) is 41.5. The Balaban J connectivity index is 0.000000337. The van der Waals surface area contributed by atoms with E-state index in [0.29, 0.717) is 70.4 Å². The van der Waals surface area contributed by atoms with Crippen molar-refractivity contribution >= 4 is 86.0 Å². The molecule has 0 spiro atoms. The minimum absolute atomic E-state index is 0.112. The van der Waals surface area contributed by atoms with Gasteiger partial charge in [0.1, 0.15) is 35.2 Å². The van der Waals surface area contributed by atoms with E-state index in [9.17, 15) is 39.3 Å². The molecule has 1 radical (unpaired) electrons. The summed E-state index contributed by atoms with van der Waals surface area (Å²) in [7, 11) is -0.107. The van der Waals surface area contributed by atoms with E-state index >= 15 is 0 Å². The molecule has 5 aromatic rings. The molecule has 0 aliphatic rings. The number of hydrogen-bond acceptors (Lipinski definition) is 18. The Hall–Kier alpha value is -6.45. The molecular weight excluding hydrogens is 924 g/mol. The Morgan fingerprint density at radius 3 is 1.53 bits per heavy atom. The highest BCUT2D eigenvalue weighted by molar-refractivity contribution is 6.46. The molecular formula is C49H65B4N6O13. The van der Waals surface area contributed by atoms with Crippen LogP contribution in [0.1, 0.15) is 75.3 Å². The zero-order chi connectivity index (χ0) is 53.0. The van der Waals surface area contributed by atoms with Crippen LogP contribution in [0.3, 0.4) is 0 Å². The molecule has 0 bridgehead atoms. The van der Waals surface area contributed by atoms with Crippen molar-refractivity contribution in [2.45, 2.75) is 91.0 Å². The van der Waals surface area contributed by atoms with Crippen molar-refractivity contribution < 1.29 is 58.0 Å². The number of carbonyl (C=O) groups is 4. The summed E-state index contributed by atoms with van der Waals surface area (Å²) in [4.78, 5) is 59.2. The molecule has 5 rings (SSSR count). The van der Waals surface area contributed by atoms with Crippen molar-refractivity contribution in [3.05, 3.63) is 118 Å². The monoisotopic (exact) mass is 989 g/mol. The molecule has 9 N–H and O–H groups in total. The normalized spacial score (nSPS) is 11.3. The SMILES string of the molecule is CB(O)NCCCC(=O)[C@H](C)c1ccc2cc(OC(=O)CCC[B]OC=N)ccc2c1.CB(O)NCCCC(=O)[C@H](C)c1ccc2cc(OC(=O)Oc3ccc([N+](=O)[O-])cc3)ccc2c1.CB(O)NCCN. The average Bonchev–Trinajstić information content (AvgIpc) is 3.35. The van der Waals surface area contributed by atoms with Gasteiger partial charge >= 0.3 is 40.8 Å². The third-order valence-electron chi connectivity index (χ3n) is 10.8. The molecule has 72 heavy (non-hydrogen) atoms. The number of carbonyl (C=O) groups excluding carboxylic acids is 4. The molecule has 0 saturated heterocycles. The van der Waals surface area contributed by atoms with Crippen LogP contribution in [0.4, 0.5) is 10.5 Å². The maximum absolute atomic E-state index is 12.5. The number of nitrogens with one attached hydrogen (secondary N) is 4. The lowest BCUT2D eigenvalue weighted by Crippen LogP contribution is -2.34. The second-order valence-electron chi connectivity index (χ2n) is 16.8. The van der Waals surface area contributed by atoms with Crippen LogP contribution in [0.25, 0.3) is 21.5 Å². The van der Waals surface area contributed by atoms with Gasteiger partial charge in [0, 0.05) is 49.8 Å². The molecule has 23 heteroatoms. The maximum Gasteiger partial charge on any atom is 0.519 e. The van der Waals surface area contributed by atoms with Gasteiger partial charge < -0.3 is 55.4 Å². The van der Waals surface area contributed by atoms with Crippen molar-refractivity contribution in [1.29, 1.82) is 5.41 Å². The Labute approximate surface area is 422 Å². The van der Waals surface area contributed by atoms with Crippen LogP contribution < -0.4 is 35.6 Å². The predicted octanol–water partition coefficient (Wildman–Crippen LogP) is 6.46. The van der Waals surface area contributed by atoms with Crippen LogP contribution in [-0.2, 0) is 19.0 Å². The molecule has 0 fully saturated rings. The van der Waals surface area contributed by atoms with Gasteiger partial charge in [-0.05, 0) is 135 Å². The van der Waals surface area contributed by atoms with Crippen LogP contribution >= 0.6 is 0 Å². The van der Waals surface area contributed by atoms with Crippen LogP contribution in [0, 0.1) is 15.5 Å². The summed E-state index contributed by atoms with van der Waals surface area (Å²) in [5, 5.41) is 56.5. The first-order valence-corrected chi connectivity index (χ1v) is 23.8. The number of non-ortho nitro benzene ring substituents is 1. The number of ketones is 2. The van der Waals surface area contributed by atoms with E-state index in [1.54, 1.807) is 44.7 Å². The van der Waals surface area contributed by atoms with Gasteiger partial charge in [-0.15, -0.1) is 0 Å². The van der Waals surface area contributed by atoms with Gasteiger partial charge in [-0.25, -0.2) is 4.79 Å². The highest BCUT2D eigenvalue weighted by atomic mass is 16.7. The lowest BCUT2D eigenvalue weighted by molar-refractivity contribution is -0.384. The van der Waals surface area contributed by atoms with E-state index in [0.717, 1.165) is 39.1 Å². The summed E-state index contributed by atoms with van der Waals surface area (Å²) in [6, 6.07) is 27.2. The standard InChI is InChI=1S/C24H25BN2O7.C22H29B2N2O5.C3H11BN2O/c1-16(23(28)4-3-13-26-25(2)30)17-5-6-19-15-22(10-7-18(19)14-17)34-24(29)33-21-11-8-20(9-12-21)27(31)32;1-16(21(27)5-4-12-26-24(2)29)17-7-8-19-14-20(10-9-18(19)13-17)31-22(28)6-3-11-23-30-15-25;1-4(7)6-3-2-5/h5-12,14-16,26,30H,3-4,13H2,1-2H3;7-10,13-16,25-26,29H,3-6,11-12H2,1-2H3;6-7H,2-3,5H2,1H3/t2*16-;/m11./s1. The first-order chi connectivity index (χ1) is 34.4. The predicted molar refractivity (Wildman–Crippen MR) is 283 cm³/mol. The number of nitro groups is 1. The molecule has 0 aromatic heterocycles. The minimum atomic E-state index is -0.964. The van der Waals surface area contributed by atoms with Gasteiger partial charge in [-0.2, -0.15) is 0 Å². The number of benzene rings is 5. The van der Waals surface area contributed by atoms with E-state index in [1.165, 1.54) is 31.7 Å². The largest absolute Gasteiger partial charge is 0.556 e. The van der Waals surface area contributed by atoms with Crippen LogP contribution in [0.15, 0.2) is 97.1 Å². The fourth-order valence-corrected chi connectivity index (χ4v) is 6.87. The number of nitro benzene ring substituents is 1. The smallest absolute Gasteiger partial charge is 0.519 e. The Bertz CT molecular complexity index is 2520. The average molecular weight is 989 g/mol. The first kappa shape index (κ1) is 59.9. The molecule has 0 heterocycles. The molecule has 0 amide bonds. The number of esters is 1. The van der Waals surface area contributed by atoms with Crippen molar-refractivity contribution in [3.63, 3.8) is 0 Å². The lowest BCUT2D eigenvalue weighted by atomic mass is 9.88.